The Balaban J connectivity index is 0.000000132. The van der Waals surface area contributed by atoms with Crippen LogP contribution in [0.2, 0.25) is 0 Å². The molecule has 4 bridgehead atoms. The van der Waals surface area contributed by atoms with Crippen LogP contribution in [0.25, 0.3) is 0 Å². The third-order valence-electron chi connectivity index (χ3n) is 13.0. The molecule has 228 valence electrons. The largest absolute Gasteiger partial charge is 0.346 e. The van der Waals surface area contributed by atoms with Gasteiger partial charge in [0.05, 0.1) is 12.2 Å². The molecule has 10 fully saturated rings. The van der Waals surface area contributed by atoms with E-state index in [9.17, 15) is 0 Å². The lowest BCUT2D eigenvalue weighted by Crippen LogP contribution is -2.70. The molecule has 2 saturated carbocycles. The lowest BCUT2D eigenvalue weighted by atomic mass is 9.57. The van der Waals surface area contributed by atoms with Crippen LogP contribution in [-0.4, -0.2) is 47.6 Å². The topological polar surface area (TPSA) is 73.8 Å². The molecule has 8 heterocycles. The second kappa shape index (κ2) is 9.59. The number of fused-ring (bicyclic) bond motifs is 4. The maximum Gasteiger partial charge on any atom is 0.201 e. The third-order valence-corrected chi connectivity index (χ3v) is 13.0. The first-order valence-corrected chi connectivity index (χ1v) is 16.3. The van der Waals surface area contributed by atoms with Gasteiger partial charge in [0.2, 0.25) is 11.6 Å². The summed E-state index contributed by atoms with van der Waals surface area (Å²) in [5.41, 5.74) is -0.779. The van der Waals surface area contributed by atoms with Gasteiger partial charge in [-0.1, -0.05) is 27.7 Å². The van der Waals surface area contributed by atoms with Gasteiger partial charge in [-0.05, 0) is 102 Å². The van der Waals surface area contributed by atoms with E-state index in [-0.39, 0.29) is 36.0 Å². The van der Waals surface area contributed by atoms with Crippen LogP contribution in [0.15, 0.2) is 0 Å². The molecule has 10 aliphatic rings. The summed E-state index contributed by atoms with van der Waals surface area (Å²) < 4.78 is 24.9. The molecule has 0 radical (unpaired) electrons. The smallest absolute Gasteiger partial charge is 0.201 e. The second-order valence-corrected chi connectivity index (χ2v) is 15.2. The maximum atomic E-state index is 6.23. The lowest BCUT2D eigenvalue weighted by Gasteiger charge is -2.60. The Labute approximate surface area is 240 Å². The minimum Gasteiger partial charge on any atom is -0.346 e. The van der Waals surface area contributed by atoms with Crippen LogP contribution in [0.3, 0.4) is 0 Å². The van der Waals surface area contributed by atoms with Gasteiger partial charge in [0, 0.05) is 24.7 Å². The average molecular weight is 565 g/mol. The fraction of sp³-hybridized carbons (Fsp3) is 1.00. The highest BCUT2D eigenvalue weighted by molar-refractivity contribution is 5.10. The van der Waals surface area contributed by atoms with E-state index in [2.05, 4.69) is 41.5 Å². The fourth-order valence-electron chi connectivity index (χ4n) is 10.2. The molecule has 2 aliphatic carbocycles. The molecule has 0 aromatic carbocycles. The first-order chi connectivity index (χ1) is 18.9. The van der Waals surface area contributed by atoms with Crippen molar-refractivity contribution in [3.63, 3.8) is 0 Å². The van der Waals surface area contributed by atoms with Crippen molar-refractivity contribution in [3.8, 4) is 0 Å². The van der Waals surface area contributed by atoms with Crippen molar-refractivity contribution >= 4 is 0 Å². The molecule has 0 aromatic heterocycles. The van der Waals surface area contributed by atoms with Crippen molar-refractivity contribution in [2.75, 3.05) is 0 Å². The van der Waals surface area contributed by atoms with E-state index in [0.29, 0.717) is 47.3 Å². The standard InChI is InChI=1S/2C16H26O4/c2*1-9-5-6-13-10(2)11(3)17-14-16(13)12(9)7-8-15(4,18-14)19-20-16/h2*9-14H,5-8H2,1-4H3/t9-,10+,11?,12+,13+,14-,15+,16-;9-,10+,11?,12+,13+,14-,15-,16-/m11/s1. The zero-order valence-electron chi connectivity index (χ0n) is 25.9. The molecule has 40 heavy (non-hydrogen) atoms. The molecule has 0 aromatic rings. The Morgan fingerprint density at radius 2 is 0.875 bits per heavy atom. The van der Waals surface area contributed by atoms with Gasteiger partial charge in [-0.2, -0.15) is 0 Å². The molecular weight excluding hydrogens is 512 g/mol. The number of ether oxygens (including phenoxy) is 4. The first-order valence-electron chi connectivity index (χ1n) is 16.3. The molecule has 8 saturated heterocycles. The second-order valence-electron chi connectivity index (χ2n) is 15.2. The molecular formula is C32H52O8. The van der Waals surface area contributed by atoms with Crippen molar-refractivity contribution in [3.05, 3.63) is 0 Å². The number of hydrogen-bond donors (Lipinski definition) is 0. The minimum atomic E-state index is -0.641. The van der Waals surface area contributed by atoms with E-state index < -0.39 is 11.6 Å². The highest BCUT2D eigenvalue weighted by Gasteiger charge is 2.70. The van der Waals surface area contributed by atoms with E-state index in [4.69, 9.17) is 38.5 Å². The van der Waals surface area contributed by atoms with Crippen LogP contribution in [0, 0.1) is 47.3 Å². The van der Waals surface area contributed by atoms with Crippen molar-refractivity contribution in [2.45, 2.75) is 154 Å². The summed E-state index contributed by atoms with van der Waals surface area (Å²) in [6.07, 6.45) is 8.82. The van der Waals surface area contributed by atoms with Crippen LogP contribution in [0.1, 0.15) is 107 Å². The molecule has 0 N–H and O–H groups in total. The Morgan fingerprint density at radius 3 is 1.27 bits per heavy atom. The number of rotatable bonds is 0. The summed E-state index contributed by atoms with van der Waals surface area (Å²) in [5.74, 6) is 2.87. The Bertz CT molecular complexity index is 895. The van der Waals surface area contributed by atoms with Crippen molar-refractivity contribution in [2.24, 2.45) is 47.3 Å². The molecule has 8 aliphatic heterocycles. The van der Waals surface area contributed by atoms with Gasteiger partial charge in [0.1, 0.15) is 0 Å². The quantitative estimate of drug-likeness (QED) is 0.308. The van der Waals surface area contributed by atoms with Crippen LogP contribution < -0.4 is 0 Å². The summed E-state index contributed by atoms with van der Waals surface area (Å²) in [5, 5.41) is 0. The van der Waals surface area contributed by atoms with Gasteiger partial charge in [-0.25, -0.2) is 19.6 Å². The molecule has 2 unspecified atom stereocenters. The SMILES string of the molecule is CC1O[C@@H]2O[C@@]3(C)CC[C@H]4[C@H](C)CC[C@@H]([C@H]1C)[C@@]24OO3.CC1O[C@@H]2O[C@]3(C)CC[C@H]4[C@H](C)CC[C@@H]([C@H]1C)[C@@]24OO3. The van der Waals surface area contributed by atoms with Gasteiger partial charge in [0.15, 0.2) is 23.8 Å². The summed E-state index contributed by atoms with van der Waals surface area (Å²) in [6.45, 7) is 17.5. The zero-order valence-corrected chi connectivity index (χ0v) is 25.9. The predicted octanol–water partition coefficient (Wildman–Crippen LogP) is 6.51. The monoisotopic (exact) mass is 564 g/mol. The highest BCUT2D eigenvalue weighted by Crippen LogP contribution is 2.62. The van der Waals surface area contributed by atoms with E-state index >= 15 is 0 Å². The van der Waals surface area contributed by atoms with Gasteiger partial charge in [0.25, 0.3) is 0 Å². The van der Waals surface area contributed by atoms with Gasteiger partial charge in [-0.3, -0.25) is 0 Å². The Hall–Kier alpha value is -0.320. The summed E-state index contributed by atoms with van der Waals surface area (Å²) in [6, 6.07) is 0. The first kappa shape index (κ1) is 28.5. The summed E-state index contributed by atoms with van der Waals surface area (Å²) in [7, 11) is 0. The van der Waals surface area contributed by atoms with E-state index in [1.807, 2.05) is 13.8 Å². The van der Waals surface area contributed by atoms with Crippen LogP contribution in [-0.2, 0) is 38.5 Å². The maximum absolute atomic E-state index is 6.23. The normalized spacial score (nSPS) is 61.8. The van der Waals surface area contributed by atoms with E-state index in [0.717, 1.165) is 25.7 Å². The van der Waals surface area contributed by atoms with Gasteiger partial charge in [-0.15, -0.1) is 0 Å². The van der Waals surface area contributed by atoms with Crippen molar-refractivity contribution < 1.29 is 38.5 Å². The molecule has 10 rings (SSSR count). The predicted molar refractivity (Wildman–Crippen MR) is 145 cm³/mol. The molecule has 16 atom stereocenters. The van der Waals surface area contributed by atoms with Gasteiger partial charge >= 0.3 is 0 Å². The van der Waals surface area contributed by atoms with Crippen LogP contribution >= 0.6 is 0 Å². The Morgan fingerprint density at radius 1 is 0.475 bits per heavy atom. The fourth-order valence-corrected chi connectivity index (χ4v) is 10.2. The minimum absolute atomic E-state index is 0.219. The third kappa shape index (κ3) is 3.92. The van der Waals surface area contributed by atoms with Crippen molar-refractivity contribution in [1.29, 1.82) is 0 Å². The lowest BCUT2D eigenvalue weighted by molar-refractivity contribution is -0.570. The van der Waals surface area contributed by atoms with Crippen LogP contribution in [0.4, 0.5) is 0 Å². The molecule has 8 nitrogen and oxygen atoms in total. The van der Waals surface area contributed by atoms with E-state index in [1.165, 1.54) is 25.7 Å². The highest BCUT2D eigenvalue weighted by atomic mass is 17.3. The average Bonchev–Trinajstić information content (AvgIpc) is 3.28. The molecule has 8 heteroatoms. The zero-order chi connectivity index (χ0) is 28.2. The Kier molecular flexibility index (Phi) is 6.82. The van der Waals surface area contributed by atoms with Gasteiger partial charge < -0.3 is 18.9 Å². The molecule has 2 spiro atoms. The molecule has 0 amide bonds. The summed E-state index contributed by atoms with van der Waals surface area (Å²) >= 11 is 0. The number of hydrogen-bond acceptors (Lipinski definition) is 8. The summed E-state index contributed by atoms with van der Waals surface area (Å²) in [4.78, 5) is 23.6. The van der Waals surface area contributed by atoms with Crippen LogP contribution in [0.5, 0.6) is 0 Å². The van der Waals surface area contributed by atoms with E-state index in [1.54, 1.807) is 0 Å². The van der Waals surface area contributed by atoms with Crippen molar-refractivity contribution in [1.82, 2.24) is 0 Å².